The van der Waals surface area contributed by atoms with E-state index in [1.165, 1.54) is 12.1 Å². The van der Waals surface area contributed by atoms with Crippen LogP contribution in [0.5, 0.6) is 5.75 Å². The van der Waals surface area contributed by atoms with E-state index in [9.17, 15) is 8.78 Å². The van der Waals surface area contributed by atoms with E-state index >= 15 is 0 Å². The first-order valence-corrected chi connectivity index (χ1v) is 6.12. The molecule has 0 bridgehead atoms. The van der Waals surface area contributed by atoms with Gasteiger partial charge in [0, 0.05) is 11.6 Å². The second kappa shape index (κ2) is 4.53. The number of hydrogen-bond acceptors (Lipinski definition) is 2. The molecule has 0 saturated carbocycles. The topological polar surface area (TPSA) is 21.3 Å². The van der Waals surface area contributed by atoms with Gasteiger partial charge in [0.15, 0.2) is 0 Å². The zero-order valence-electron chi connectivity index (χ0n) is 10.4. The average molecular weight is 261 g/mol. The summed E-state index contributed by atoms with van der Waals surface area (Å²) in [5, 5.41) is 3.28. The van der Waals surface area contributed by atoms with Crippen LogP contribution in [0.1, 0.15) is 6.92 Å². The van der Waals surface area contributed by atoms with Gasteiger partial charge in [0.1, 0.15) is 24.0 Å². The Hall–Kier alpha value is -2.10. The highest BCUT2D eigenvalue weighted by atomic mass is 19.1. The highest BCUT2D eigenvalue weighted by Gasteiger charge is 2.16. The molecule has 2 aromatic rings. The van der Waals surface area contributed by atoms with E-state index in [0.717, 1.165) is 17.5 Å². The fourth-order valence-electron chi connectivity index (χ4n) is 2.18. The Morgan fingerprint density at radius 2 is 2.00 bits per heavy atom. The summed E-state index contributed by atoms with van der Waals surface area (Å²) < 4.78 is 32.2. The summed E-state index contributed by atoms with van der Waals surface area (Å²) in [5.74, 6) is -0.386. The van der Waals surface area contributed by atoms with E-state index in [1.807, 2.05) is 13.0 Å². The Morgan fingerprint density at radius 1 is 1.16 bits per heavy atom. The quantitative estimate of drug-likeness (QED) is 0.842. The molecular weight excluding hydrogens is 248 g/mol. The maximum absolute atomic E-state index is 13.8. The molecule has 2 aromatic carbocycles. The largest absolute Gasteiger partial charge is 0.489 e. The fraction of sp³-hybridized carbons (Fsp3) is 0.200. The lowest BCUT2D eigenvalue weighted by atomic mass is 10.0. The first-order valence-electron chi connectivity index (χ1n) is 6.12. The van der Waals surface area contributed by atoms with E-state index < -0.39 is 11.6 Å². The summed E-state index contributed by atoms with van der Waals surface area (Å²) in [7, 11) is 0. The van der Waals surface area contributed by atoms with Crippen molar-refractivity contribution in [3.8, 4) is 16.9 Å². The summed E-state index contributed by atoms with van der Waals surface area (Å²) in [6, 6.07) is 9.19. The number of fused-ring (bicyclic) bond motifs is 1. The minimum Gasteiger partial charge on any atom is -0.489 e. The second-order valence-corrected chi connectivity index (χ2v) is 4.69. The van der Waals surface area contributed by atoms with Gasteiger partial charge in [-0.15, -0.1) is 0 Å². The molecule has 0 saturated heterocycles. The number of rotatable bonds is 1. The molecule has 0 amide bonds. The number of nitrogens with one attached hydrogen (secondary N) is 1. The van der Waals surface area contributed by atoms with Crippen molar-refractivity contribution in [1.29, 1.82) is 0 Å². The molecule has 1 unspecified atom stereocenters. The van der Waals surface area contributed by atoms with Gasteiger partial charge < -0.3 is 10.1 Å². The van der Waals surface area contributed by atoms with Gasteiger partial charge in [0.05, 0.1) is 11.7 Å². The molecule has 4 heteroatoms. The van der Waals surface area contributed by atoms with Crippen LogP contribution in [0.15, 0.2) is 36.4 Å². The Kier molecular flexibility index (Phi) is 2.85. The van der Waals surface area contributed by atoms with Crippen LogP contribution < -0.4 is 10.1 Å². The van der Waals surface area contributed by atoms with Gasteiger partial charge in [-0.05, 0) is 36.8 Å². The molecule has 0 aliphatic carbocycles. The highest BCUT2D eigenvalue weighted by Crippen LogP contribution is 2.34. The van der Waals surface area contributed by atoms with Crippen LogP contribution in [0.3, 0.4) is 0 Å². The number of ether oxygens (including phenoxy) is 1. The molecular formula is C15H13F2NO. The minimum atomic E-state index is -0.575. The van der Waals surface area contributed by atoms with Gasteiger partial charge in [-0.25, -0.2) is 8.78 Å². The zero-order chi connectivity index (χ0) is 13.4. The van der Waals surface area contributed by atoms with Crippen LogP contribution in [0, 0.1) is 11.6 Å². The first-order chi connectivity index (χ1) is 9.13. The third kappa shape index (κ3) is 2.26. The standard InChI is InChI=1S/C15H13F2NO/c1-9-8-19-15-5-2-10(6-14(15)18-9)12-4-3-11(16)7-13(12)17/h2-7,9,18H,8H2,1H3. The van der Waals surface area contributed by atoms with Crippen molar-refractivity contribution in [2.24, 2.45) is 0 Å². The summed E-state index contributed by atoms with van der Waals surface area (Å²) >= 11 is 0. The lowest BCUT2D eigenvalue weighted by Crippen LogP contribution is -2.28. The summed E-state index contributed by atoms with van der Waals surface area (Å²) in [6.07, 6.45) is 0. The van der Waals surface area contributed by atoms with Crippen molar-refractivity contribution >= 4 is 5.69 Å². The molecule has 98 valence electrons. The molecule has 1 aliphatic rings. The van der Waals surface area contributed by atoms with E-state index in [-0.39, 0.29) is 6.04 Å². The monoisotopic (exact) mass is 261 g/mol. The van der Waals surface area contributed by atoms with Crippen molar-refractivity contribution in [3.05, 3.63) is 48.0 Å². The average Bonchev–Trinajstić information content (AvgIpc) is 2.38. The maximum Gasteiger partial charge on any atom is 0.142 e. The second-order valence-electron chi connectivity index (χ2n) is 4.69. The van der Waals surface area contributed by atoms with Crippen molar-refractivity contribution < 1.29 is 13.5 Å². The maximum atomic E-state index is 13.8. The fourth-order valence-corrected chi connectivity index (χ4v) is 2.18. The van der Waals surface area contributed by atoms with Gasteiger partial charge in [-0.1, -0.05) is 6.07 Å². The van der Waals surface area contributed by atoms with Crippen LogP contribution in [-0.2, 0) is 0 Å². The SMILES string of the molecule is CC1COc2ccc(-c3ccc(F)cc3F)cc2N1. The molecule has 2 nitrogen and oxygen atoms in total. The number of benzene rings is 2. The third-order valence-electron chi connectivity index (χ3n) is 3.11. The minimum absolute atomic E-state index is 0.209. The smallest absolute Gasteiger partial charge is 0.142 e. The van der Waals surface area contributed by atoms with Crippen molar-refractivity contribution in [3.63, 3.8) is 0 Å². The van der Waals surface area contributed by atoms with E-state index in [0.29, 0.717) is 17.7 Å². The first kappa shape index (κ1) is 12.0. The molecule has 1 atom stereocenters. The molecule has 1 N–H and O–H groups in total. The zero-order valence-corrected chi connectivity index (χ0v) is 10.4. The molecule has 0 spiro atoms. The van der Waals surface area contributed by atoms with Gasteiger partial charge in [-0.3, -0.25) is 0 Å². The van der Waals surface area contributed by atoms with Crippen LogP contribution in [-0.4, -0.2) is 12.6 Å². The van der Waals surface area contributed by atoms with Crippen LogP contribution in [0.2, 0.25) is 0 Å². The van der Waals surface area contributed by atoms with Gasteiger partial charge in [0.25, 0.3) is 0 Å². The molecule has 3 rings (SSSR count). The van der Waals surface area contributed by atoms with Crippen LogP contribution in [0.4, 0.5) is 14.5 Å². The summed E-state index contributed by atoms with van der Waals surface area (Å²) in [5.41, 5.74) is 1.91. The van der Waals surface area contributed by atoms with Crippen LogP contribution in [0.25, 0.3) is 11.1 Å². The summed E-state index contributed by atoms with van der Waals surface area (Å²) in [4.78, 5) is 0. The molecule has 19 heavy (non-hydrogen) atoms. The van der Waals surface area contributed by atoms with E-state index in [1.54, 1.807) is 12.1 Å². The lowest BCUT2D eigenvalue weighted by molar-refractivity contribution is 0.292. The third-order valence-corrected chi connectivity index (χ3v) is 3.11. The predicted octanol–water partition coefficient (Wildman–Crippen LogP) is 3.82. The van der Waals surface area contributed by atoms with Gasteiger partial charge in [0.2, 0.25) is 0 Å². The van der Waals surface area contributed by atoms with Crippen molar-refractivity contribution in [1.82, 2.24) is 0 Å². The van der Waals surface area contributed by atoms with E-state index in [4.69, 9.17) is 4.74 Å². The molecule has 1 heterocycles. The van der Waals surface area contributed by atoms with Crippen LogP contribution >= 0.6 is 0 Å². The predicted molar refractivity (Wildman–Crippen MR) is 70.4 cm³/mol. The molecule has 0 aromatic heterocycles. The number of anilines is 1. The Labute approximate surface area is 110 Å². The number of hydrogen-bond donors (Lipinski definition) is 1. The normalized spacial score (nSPS) is 17.3. The molecule has 0 radical (unpaired) electrons. The lowest BCUT2D eigenvalue weighted by Gasteiger charge is -2.25. The van der Waals surface area contributed by atoms with Gasteiger partial charge in [-0.2, -0.15) is 0 Å². The van der Waals surface area contributed by atoms with E-state index in [2.05, 4.69) is 5.32 Å². The Balaban J connectivity index is 2.04. The highest BCUT2D eigenvalue weighted by molar-refractivity contribution is 5.73. The Bertz CT molecular complexity index is 628. The molecule has 1 aliphatic heterocycles. The van der Waals surface area contributed by atoms with Crippen molar-refractivity contribution in [2.75, 3.05) is 11.9 Å². The summed E-state index contributed by atoms with van der Waals surface area (Å²) in [6.45, 7) is 2.62. The van der Waals surface area contributed by atoms with Gasteiger partial charge >= 0.3 is 0 Å². The molecule has 0 fully saturated rings. The van der Waals surface area contributed by atoms with Crippen molar-refractivity contribution in [2.45, 2.75) is 13.0 Å². The number of halogens is 2. The Morgan fingerprint density at radius 3 is 2.79 bits per heavy atom.